The normalized spacial score (nSPS) is 12.4. The standard InChI is InChI=1S/C15H27N3O2S/c1-4-11(5-2)13(19)9-17-15(20)16-8-7-12-10-21-14(6-3)18-12/h10-11,13,19H,4-9H2,1-3H3,(H2,16,17,20). The maximum Gasteiger partial charge on any atom is 0.314 e. The first-order chi connectivity index (χ1) is 10.1. The number of hydrogen-bond acceptors (Lipinski definition) is 4. The van der Waals surface area contributed by atoms with Crippen molar-refractivity contribution in [2.75, 3.05) is 13.1 Å². The lowest BCUT2D eigenvalue weighted by molar-refractivity contribution is 0.103. The second kappa shape index (κ2) is 9.73. The highest BCUT2D eigenvalue weighted by Gasteiger charge is 2.15. The predicted molar refractivity (Wildman–Crippen MR) is 86.7 cm³/mol. The highest BCUT2D eigenvalue weighted by molar-refractivity contribution is 7.09. The van der Waals surface area contributed by atoms with Crippen molar-refractivity contribution >= 4 is 17.4 Å². The molecule has 0 fully saturated rings. The van der Waals surface area contributed by atoms with Crippen molar-refractivity contribution in [3.8, 4) is 0 Å². The molecule has 120 valence electrons. The van der Waals surface area contributed by atoms with Crippen LogP contribution < -0.4 is 10.6 Å². The Balaban J connectivity index is 2.19. The number of nitrogens with zero attached hydrogens (tertiary/aromatic N) is 1. The first-order valence-electron chi connectivity index (χ1n) is 7.73. The highest BCUT2D eigenvalue weighted by Crippen LogP contribution is 2.12. The third-order valence-electron chi connectivity index (χ3n) is 3.63. The Morgan fingerprint density at radius 2 is 2.05 bits per heavy atom. The average molecular weight is 313 g/mol. The van der Waals surface area contributed by atoms with Crippen molar-refractivity contribution in [2.45, 2.75) is 52.6 Å². The molecular formula is C15H27N3O2S. The number of carbonyl (C=O) groups is 1. The number of urea groups is 1. The van der Waals surface area contributed by atoms with E-state index in [0.717, 1.165) is 36.4 Å². The maximum atomic E-state index is 11.6. The number of thiazole rings is 1. The maximum absolute atomic E-state index is 11.6. The lowest BCUT2D eigenvalue weighted by Crippen LogP contribution is -2.42. The number of amides is 2. The minimum absolute atomic E-state index is 0.231. The van der Waals surface area contributed by atoms with Crippen molar-refractivity contribution in [3.05, 3.63) is 16.1 Å². The van der Waals surface area contributed by atoms with Gasteiger partial charge in [-0.1, -0.05) is 33.6 Å². The van der Waals surface area contributed by atoms with Gasteiger partial charge in [-0.3, -0.25) is 0 Å². The van der Waals surface area contributed by atoms with E-state index >= 15 is 0 Å². The van der Waals surface area contributed by atoms with Gasteiger partial charge in [0.15, 0.2) is 0 Å². The van der Waals surface area contributed by atoms with E-state index in [2.05, 4.69) is 36.4 Å². The van der Waals surface area contributed by atoms with E-state index in [4.69, 9.17) is 0 Å². The van der Waals surface area contributed by atoms with Crippen LogP contribution in [-0.2, 0) is 12.8 Å². The van der Waals surface area contributed by atoms with E-state index in [1.807, 2.05) is 5.38 Å². The van der Waals surface area contributed by atoms with Gasteiger partial charge in [0.25, 0.3) is 0 Å². The molecule has 0 aromatic carbocycles. The molecule has 0 saturated carbocycles. The summed E-state index contributed by atoms with van der Waals surface area (Å²) in [5, 5.41) is 18.6. The second-order valence-corrected chi connectivity index (χ2v) is 6.06. The van der Waals surface area contributed by atoms with Crippen LogP contribution in [0.5, 0.6) is 0 Å². The summed E-state index contributed by atoms with van der Waals surface area (Å²) in [5.41, 5.74) is 1.02. The summed E-state index contributed by atoms with van der Waals surface area (Å²) in [6.45, 7) is 7.04. The van der Waals surface area contributed by atoms with Gasteiger partial charge in [0.1, 0.15) is 0 Å². The molecule has 1 heterocycles. The molecule has 1 unspecified atom stereocenters. The monoisotopic (exact) mass is 313 g/mol. The molecule has 0 saturated heterocycles. The summed E-state index contributed by atoms with van der Waals surface area (Å²) in [4.78, 5) is 16.1. The van der Waals surface area contributed by atoms with Gasteiger partial charge in [-0.25, -0.2) is 9.78 Å². The van der Waals surface area contributed by atoms with E-state index < -0.39 is 6.10 Å². The molecule has 0 spiro atoms. The average Bonchev–Trinajstić information content (AvgIpc) is 2.94. The summed E-state index contributed by atoms with van der Waals surface area (Å²) in [6, 6.07) is -0.231. The number of aliphatic hydroxyl groups is 1. The number of carbonyl (C=O) groups excluding carboxylic acids is 1. The fourth-order valence-electron chi connectivity index (χ4n) is 2.19. The second-order valence-electron chi connectivity index (χ2n) is 5.12. The lowest BCUT2D eigenvalue weighted by atomic mass is 9.97. The van der Waals surface area contributed by atoms with Crippen LogP contribution in [0.25, 0.3) is 0 Å². The summed E-state index contributed by atoms with van der Waals surface area (Å²) >= 11 is 1.66. The first kappa shape index (κ1) is 17.9. The van der Waals surface area contributed by atoms with Crippen LogP contribution in [-0.4, -0.2) is 35.3 Å². The van der Waals surface area contributed by atoms with Gasteiger partial charge in [-0.15, -0.1) is 11.3 Å². The molecule has 0 radical (unpaired) electrons. The van der Waals surface area contributed by atoms with Gasteiger partial charge >= 0.3 is 6.03 Å². The summed E-state index contributed by atoms with van der Waals surface area (Å²) in [5.74, 6) is 0.243. The number of aromatic nitrogens is 1. The number of aliphatic hydroxyl groups excluding tert-OH is 1. The molecule has 3 N–H and O–H groups in total. The minimum atomic E-state index is -0.476. The summed E-state index contributed by atoms with van der Waals surface area (Å²) < 4.78 is 0. The largest absolute Gasteiger partial charge is 0.391 e. The van der Waals surface area contributed by atoms with Gasteiger partial charge in [0.05, 0.1) is 16.8 Å². The zero-order chi connectivity index (χ0) is 15.7. The Hall–Kier alpha value is -1.14. The number of nitrogens with one attached hydrogen (secondary N) is 2. The Kier molecular flexibility index (Phi) is 8.30. The number of hydrogen-bond donors (Lipinski definition) is 3. The summed E-state index contributed by atoms with van der Waals surface area (Å²) in [7, 11) is 0. The van der Waals surface area contributed by atoms with E-state index in [0.29, 0.717) is 13.1 Å². The Bertz CT molecular complexity index is 419. The van der Waals surface area contributed by atoms with Crippen molar-refractivity contribution in [2.24, 2.45) is 5.92 Å². The van der Waals surface area contributed by atoms with Crippen LogP contribution in [0.2, 0.25) is 0 Å². The predicted octanol–water partition coefficient (Wildman–Crippen LogP) is 2.34. The molecule has 6 heteroatoms. The van der Waals surface area contributed by atoms with Crippen LogP contribution in [0.4, 0.5) is 4.79 Å². The molecule has 0 aliphatic carbocycles. The van der Waals surface area contributed by atoms with Gasteiger partial charge in [0, 0.05) is 24.9 Å². The lowest BCUT2D eigenvalue weighted by Gasteiger charge is -2.20. The SMILES string of the molecule is CCc1nc(CCNC(=O)NCC(O)C(CC)CC)cs1. The fraction of sp³-hybridized carbons (Fsp3) is 0.733. The molecule has 1 aromatic rings. The smallest absolute Gasteiger partial charge is 0.314 e. The number of rotatable bonds is 9. The minimum Gasteiger partial charge on any atom is -0.391 e. The zero-order valence-corrected chi connectivity index (χ0v) is 14.0. The van der Waals surface area contributed by atoms with Crippen LogP contribution in [0.15, 0.2) is 5.38 Å². The zero-order valence-electron chi connectivity index (χ0n) is 13.2. The van der Waals surface area contributed by atoms with Gasteiger partial charge in [0.2, 0.25) is 0 Å². The highest BCUT2D eigenvalue weighted by atomic mass is 32.1. The fourth-order valence-corrected chi connectivity index (χ4v) is 2.97. The van der Waals surface area contributed by atoms with E-state index in [1.165, 1.54) is 0 Å². The number of aryl methyl sites for hydroxylation is 1. The Morgan fingerprint density at radius 1 is 1.33 bits per heavy atom. The molecule has 2 amide bonds. The molecule has 0 bridgehead atoms. The molecular weight excluding hydrogens is 286 g/mol. The van der Waals surface area contributed by atoms with Gasteiger partial charge < -0.3 is 15.7 Å². The first-order valence-corrected chi connectivity index (χ1v) is 8.61. The third kappa shape index (κ3) is 6.44. The molecule has 5 nitrogen and oxygen atoms in total. The molecule has 0 aliphatic heterocycles. The van der Waals surface area contributed by atoms with Crippen molar-refractivity contribution in [3.63, 3.8) is 0 Å². The van der Waals surface area contributed by atoms with Crippen molar-refractivity contribution < 1.29 is 9.90 Å². The van der Waals surface area contributed by atoms with Crippen LogP contribution >= 0.6 is 11.3 Å². The molecule has 0 aliphatic rings. The van der Waals surface area contributed by atoms with Crippen LogP contribution in [0, 0.1) is 5.92 Å². The van der Waals surface area contributed by atoms with Crippen LogP contribution in [0.1, 0.15) is 44.3 Å². The Morgan fingerprint density at radius 3 is 2.62 bits per heavy atom. The van der Waals surface area contributed by atoms with Crippen LogP contribution in [0.3, 0.4) is 0 Å². The Labute approximate surface area is 131 Å². The van der Waals surface area contributed by atoms with Crippen molar-refractivity contribution in [1.29, 1.82) is 0 Å². The van der Waals surface area contributed by atoms with Gasteiger partial charge in [-0.05, 0) is 12.3 Å². The molecule has 1 rings (SSSR count). The topological polar surface area (TPSA) is 74.2 Å². The molecule has 1 atom stereocenters. The third-order valence-corrected chi connectivity index (χ3v) is 4.68. The molecule has 1 aromatic heterocycles. The summed E-state index contributed by atoms with van der Waals surface area (Å²) in [6.07, 6.45) is 3.05. The van der Waals surface area contributed by atoms with E-state index in [1.54, 1.807) is 11.3 Å². The quantitative estimate of drug-likeness (QED) is 0.655. The van der Waals surface area contributed by atoms with E-state index in [-0.39, 0.29) is 11.9 Å². The van der Waals surface area contributed by atoms with E-state index in [9.17, 15) is 9.90 Å². The molecule has 21 heavy (non-hydrogen) atoms. The van der Waals surface area contributed by atoms with Crippen molar-refractivity contribution in [1.82, 2.24) is 15.6 Å². The van der Waals surface area contributed by atoms with Gasteiger partial charge in [-0.2, -0.15) is 0 Å².